The molecule has 1 aromatic carbocycles. The summed E-state index contributed by atoms with van der Waals surface area (Å²) >= 11 is 6.19. The molecule has 1 saturated carbocycles. The summed E-state index contributed by atoms with van der Waals surface area (Å²) in [6.45, 7) is 6.85. The van der Waals surface area contributed by atoms with Gasteiger partial charge in [-0.2, -0.15) is 0 Å². The van der Waals surface area contributed by atoms with Gasteiger partial charge < -0.3 is 4.74 Å². The van der Waals surface area contributed by atoms with Gasteiger partial charge >= 0.3 is 0 Å². The number of allylic oxidation sites excluding steroid dienone is 3. The number of hydrogen-bond donors (Lipinski definition) is 0. The Balaban J connectivity index is 1.87. The van der Waals surface area contributed by atoms with Crippen LogP contribution >= 0.6 is 11.6 Å². The molecule has 2 heteroatoms. The first-order chi connectivity index (χ1) is 10.4. The number of halogens is 1. The van der Waals surface area contributed by atoms with Crippen LogP contribution in [0.4, 0.5) is 0 Å². The Morgan fingerprint density at radius 2 is 1.82 bits per heavy atom. The highest BCUT2D eigenvalue weighted by molar-refractivity contribution is 6.32. The zero-order chi connectivity index (χ0) is 15.8. The summed E-state index contributed by atoms with van der Waals surface area (Å²) in [6, 6.07) is 7.84. The van der Waals surface area contributed by atoms with Gasteiger partial charge in [-0.15, -0.1) is 0 Å². The van der Waals surface area contributed by atoms with Gasteiger partial charge in [0, 0.05) is 5.02 Å². The van der Waals surface area contributed by atoms with E-state index in [1.54, 1.807) is 0 Å². The first-order valence-electron chi connectivity index (χ1n) is 7.95. The predicted molar refractivity (Wildman–Crippen MR) is 93.8 cm³/mol. The Labute approximate surface area is 138 Å². The van der Waals surface area contributed by atoms with Crippen molar-refractivity contribution in [3.05, 3.63) is 64.4 Å². The van der Waals surface area contributed by atoms with E-state index >= 15 is 0 Å². The average Bonchev–Trinajstić information content (AvgIpc) is 2.45. The summed E-state index contributed by atoms with van der Waals surface area (Å²) in [5.74, 6) is 0.906. The Morgan fingerprint density at radius 1 is 1.05 bits per heavy atom. The van der Waals surface area contributed by atoms with Crippen LogP contribution in [0.2, 0.25) is 5.02 Å². The Kier molecular flexibility index (Phi) is 3.94. The monoisotopic (exact) mass is 314 g/mol. The van der Waals surface area contributed by atoms with Crippen molar-refractivity contribution in [2.75, 3.05) is 0 Å². The minimum Gasteiger partial charge on any atom is -0.483 e. The van der Waals surface area contributed by atoms with Crippen molar-refractivity contribution < 1.29 is 4.74 Å². The fraction of sp³-hybridized carbons (Fsp3) is 0.400. The lowest BCUT2D eigenvalue weighted by Gasteiger charge is -2.47. The molecule has 0 radical (unpaired) electrons. The first kappa shape index (κ1) is 15.4. The Bertz CT molecular complexity index is 666. The van der Waals surface area contributed by atoms with Gasteiger partial charge in [-0.3, -0.25) is 0 Å². The third-order valence-corrected chi connectivity index (χ3v) is 5.19. The summed E-state index contributed by atoms with van der Waals surface area (Å²) in [6.07, 6.45) is 11.9. The van der Waals surface area contributed by atoms with Gasteiger partial charge in [-0.1, -0.05) is 49.7 Å². The lowest BCUT2D eigenvalue weighted by molar-refractivity contribution is 0.00705. The van der Waals surface area contributed by atoms with Crippen LogP contribution in [0.5, 0.6) is 0 Å². The van der Waals surface area contributed by atoms with E-state index in [0.29, 0.717) is 0 Å². The Morgan fingerprint density at radius 3 is 2.59 bits per heavy atom. The molecule has 1 aromatic rings. The van der Waals surface area contributed by atoms with E-state index in [1.165, 1.54) is 18.4 Å². The summed E-state index contributed by atoms with van der Waals surface area (Å²) in [5.41, 5.74) is 2.48. The fourth-order valence-corrected chi connectivity index (χ4v) is 3.89. The standard InChI is InChI=1S/C20H23ClO/c1-19(2)13-6-14-20(3)18(19)12-11-16(22-20)10-9-15-7-4-5-8-17(15)21/h4-5,7-12H,6,13-14H2,1-3H3/b10-9+. The minimum absolute atomic E-state index is 0.170. The largest absolute Gasteiger partial charge is 0.483 e. The fourth-order valence-electron chi connectivity index (χ4n) is 3.69. The number of ether oxygens (including phenoxy) is 1. The zero-order valence-corrected chi connectivity index (χ0v) is 14.3. The van der Waals surface area contributed by atoms with Gasteiger partial charge in [-0.05, 0) is 67.0 Å². The van der Waals surface area contributed by atoms with Crippen molar-refractivity contribution >= 4 is 17.7 Å². The van der Waals surface area contributed by atoms with Crippen molar-refractivity contribution in [2.24, 2.45) is 5.41 Å². The van der Waals surface area contributed by atoms with Crippen molar-refractivity contribution in [1.29, 1.82) is 0 Å². The second kappa shape index (κ2) is 5.62. The van der Waals surface area contributed by atoms with Crippen LogP contribution in [0.15, 0.2) is 53.8 Å². The molecule has 1 nitrogen and oxygen atoms in total. The summed E-state index contributed by atoms with van der Waals surface area (Å²) in [5, 5.41) is 0.761. The molecule has 1 heterocycles. The molecule has 1 unspecified atom stereocenters. The minimum atomic E-state index is -0.170. The molecule has 0 bridgehead atoms. The zero-order valence-electron chi connectivity index (χ0n) is 13.5. The third-order valence-electron chi connectivity index (χ3n) is 4.84. The summed E-state index contributed by atoms with van der Waals surface area (Å²) in [7, 11) is 0. The van der Waals surface area contributed by atoms with Crippen LogP contribution in [0.25, 0.3) is 6.08 Å². The maximum absolute atomic E-state index is 6.34. The van der Waals surface area contributed by atoms with Crippen LogP contribution < -0.4 is 0 Å². The van der Waals surface area contributed by atoms with E-state index in [-0.39, 0.29) is 11.0 Å². The van der Waals surface area contributed by atoms with E-state index in [4.69, 9.17) is 16.3 Å². The molecular weight excluding hydrogens is 292 g/mol. The molecule has 1 fully saturated rings. The highest BCUT2D eigenvalue weighted by Crippen LogP contribution is 2.49. The van der Waals surface area contributed by atoms with Crippen LogP contribution in [0.1, 0.15) is 45.6 Å². The molecule has 22 heavy (non-hydrogen) atoms. The maximum atomic E-state index is 6.34. The smallest absolute Gasteiger partial charge is 0.128 e. The van der Waals surface area contributed by atoms with Crippen LogP contribution in [-0.2, 0) is 4.74 Å². The van der Waals surface area contributed by atoms with Gasteiger partial charge in [0.1, 0.15) is 11.4 Å². The van der Waals surface area contributed by atoms with Crippen LogP contribution in [-0.4, -0.2) is 5.60 Å². The molecule has 0 saturated heterocycles. The number of benzene rings is 1. The first-order valence-corrected chi connectivity index (χ1v) is 8.33. The second-order valence-electron chi connectivity index (χ2n) is 7.07. The van der Waals surface area contributed by atoms with Crippen molar-refractivity contribution in [1.82, 2.24) is 0 Å². The lowest BCUT2D eigenvalue weighted by atomic mass is 9.65. The topological polar surface area (TPSA) is 9.23 Å². The molecule has 1 atom stereocenters. The Hall–Kier alpha value is -1.47. The number of fused-ring (bicyclic) bond motifs is 1. The van der Waals surface area contributed by atoms with Gasteiger partial charge in [0.05, 0.1) is 0 Å². The lowest BCUT2D eigenvalue weighted by Crippen LogP contribution is -2.42. The molecule has 3 rings (SSSR count). The molecule has 1 aliphatic heterocycles. The molecule has 1 aliphatic carbocycles. The molecule has 116 valence electrons. The summed E-state index contributed by atoms with van der Waals surface area (Å²) in [4.78, 5) is 0. The molecule has 2 aliphatic rings. The number of hydrogen-bond acceptors (Lipinski definition) is 1. The van der Waals surface area contributed by atoms with Gasteiger partial charge in [0.2, 0.25) is 0 Å². The van der Waals surface area contributed by atoms with Gasteiger partial charge in [-0.25, -0.2) is 0 Å². The van der Waals surface area contributed by atoms with Crippen LogP contribution in [0, 0.1) is 5.41 Å². The molecule has 0 amide bonds. The van der Waals surface area contributed by atoms with Gasteiger partial charge in [0.25, 0.3) is 0 Å². The van der Waals surface area contributed by atoms with Gasteiger partial charge in [0.15, 0.2) is 0 Å². The third kappa shape index (κ3) is 2.87. The molecule has 0 spiro atoms. The molecular formula is C20H23ClO. The van der Waals surface area contributed by atoms with Crippen molar-refractivity contribution in [3.8, 4) is 0 Å². The number of rotatable bonds is 2. The van der Waals surface area contributed by atoms with Crippen molar-refractivity contribution in [2.45, 2.75) is 45.6 Å². The van der Waals surface area contributed by atoms with E-state index < -0.39 is 0 Å². The van der Waals surface area contributed by atoms with E-state index in [0.717, 1.165) is 22.8 Å². The van der Waals surface area contributed by atoms with E-state index in [9.17, 15) is 0 Å². The average molecular weight is 315 g/mol. The van der Waals surface area contributed by atoms with Crippen LogP contribution in [0.3, 0.4) is 0 Å². The predicted octanol–water partition coefficient (Wildman–Crippen LogP) is 6.16. The van der Waals surface area contributed by atoms with E-state index in [1.807, 2.05) is 36.4 Å². The van der Waals surface area contributed by atoms with E-state index in [2.05, 4.69) is 32.9 Å². The summed E-state index contributed by atoms with van der Waals surface area (Å²) < 4.78 is 6.34. The highest BCUT2D eigenvalue weighted by Gasteiger charge is 2.44. The van der Waals surface area contributed by atoms with Crippen molar-refractivity contribution in [3.63, 3.8) is 0 Å². The SMILES string of the molecule is CC1(C)CCCC2(C)OC(/C=C/c3ccccc3Cl)=CC=C12. The highest BCUT2D eigenvalue weighted by atomic mass is 35.5. The maximum Gasteiger partial charge on any atom is 0.128 e. The quantitative estimate of drug-likeness (QED) is 0.635. The molecule has 0 aromatic heterocycles. The molecule has 0 N–H and O–H groups in total. The second-order valence-corrected chi connectivity index (χ2v) is 7.48. The normalized spacial score (nSPS) is 26.9.